The van der Waals surface area contributed by atoms with Gasteiger partial charge in [-0.2, -0.15) is 0 Å². The van der Waals surface area contributed by atoms with Gasteiger partial charge in [0.2, 0.25) is 18.8 Å². The Bertz CT molecular complexity index is 1170. The summed E-state index contributed by atoms with van der Waals surface area (Å²) in [4.78, 5) is 0. The van der Waals surface area contributed by atoms with Crippen molar-refractivity contribution in [3.63, 3.8) is 0 Å². The van der Waals surface area contributed by atoms with Crippen molar-refractivity contribution in [1.82, 2.24) is 0 Å². The summed E-state index contributed by atoms with van der Waals surface area (Å²) >= 11 is 0. The molecule has 9 atom stereocenters. The highest BCUT2D eigenvalue weighted by Crippen LogP contribution is 2.53. The highest BCUT2D eigenvalue weighted by Gasteiger charge is 2.49. The molecule has 0 spiro atoms. The zero-order valence-corrected chi connectivity index (χ0v) is 20.5. The van der Waals surface area contributed by atoms with Crippen LogP contribution in [0.2, 0.25) is 0 Å². The van der Waals surface area contributed by atoms with Crippen LogP contribution in [0.25, 0.3) is 0 Å². The molecule has 3 fully saturated rings. The molecule has 3 saturated heterocycles. The Morgan fingerprint density at radius 3 is 2.29 bits per heavy atom. The monoisotopic (exact) mass is 534 g/mol. The van der Waals surface area contributed by atoms with Gasteiger partial charge in [-0.05, 0) is 35.4 Å². The van der Waals surface area contributed by atoms with Crippen LogP contribution in [0.15, 0.2) is 30.3 Å². The van der Waals surface area contributed by atoms with Crippen LogP contribution in [0.3, 0.4) is 0 Å². The van der Waals surface area contributed by atoms with E-state index in [0.717, 1.165) is 11.1 Å². The van der Waals surface area contributed by atoms with Gasteiger partial charge in [-0.15, -0.1) is 0 Å². The minimum Gasteiger partial charge on any atom is -0.504 e. The molecule has 2 aromatic carbocycles. The smallest absolute Gasteiger partial charge is 0.231 e. The lowest BCUT2D eigenvalue weighted by Gasteiger charge is -2.39. The molecule has 12 heteroatoms. The van der Waals surface area contributed by atoms with E-state index in [1.54, 1.807) is 13.2 Å². The van der Waals surface area contributed by atoms with Crippen LogP contribution >= 0.6 is 0 Å². The second-order valence-electron chi connectivity index (χ2n) is 9.83. The van der Waals surface area contributed by atoms with E-state index in [2.05, 4.69) is 0 Å². The number of benzene rings is 2. The lowest BCUT2D eigenvalue weighted by Crippen LogP contribution is -2.60. The van der Waals surface area contributed by atoms with E-state index in [1.165, 1.54) is 12.1 Å². The molecular weight excluding hydrogens is 504 g/mol. The Hall–Kier alpha value is -2.84. The van der Waals surface area contributed by atoms with Crippen molar-refractivity contribution in [1.29, 1.82) is 0 Å². The number of ether oxygens (including phenoxy) is 7. The van der Waals surface area contributed by atoms with Crippen molar-refractivity contribution >= 4 is 0 Å². The van der Waals surface area contributed by atoms with E-state index in [4.69, 9.17) is 33.2 Å². The van der Waals surface area contributed by atoms with Crippen molar-refractivity contribution in [3.8, 4) is 28.7 Å². The maximum absolute atomic E-state index is 10.7. The standard InChI is InChI=1S/C26H30O12/c1-32-17-5-12(6-18-25(17)36-10-35-18)24-14-9-33-23(13(14)8-34-24)11-2-3-16(15(28)4-11)37-26-22(31)21(30)20(29)19(7-27)38-26/h2-6,13-14,19-24,26-31H,7-10H2,1H3/t13-,14-,19+,20+,21-,22+,23-,24-,26+/m0/s1. The molecule has 38 heavy (non-hydrogen) atoms. The lowest BCUT2D eigenvalue weighted by atomic mass is 9.85. The number of aromatic hydroxyl groups is 1. The Labute approximate surface area is 217 Å². The van der Waals surface area contributed by atoms with Gasteiger partial charge < -0.3 is 58.7 Å². The number of hydrogen-bond acceptors (Lipinski definition) is 12. The van der Waals surface area contributed by atoms with Crippen LogP contribution < -0.4 is 18.9 Å². The summed E-state index contributed by atoms with van der Waals surface area (Å²) in [6.07, 6.45) is -7.76. The number of phenolic OH excluding ortho intramolecular Hbond substituents is 1. The Morgan fingerprint density at radius 2 is 1.61 bits per heavy atom. The van der Waals surface area contributed by atoms with Gasteiger partial charge in [0.05, 0.1) is 39.1 Å². The molecule has 0 amide bonds. The second-order valence-corrected chi connectivity index (χ2v) is 9.83. The third-order valence-corrected chi connectivity index (χ3v) is 7.68. The van der Waals surface area contributed by atoms with Gasteiger partial charge in [-0.3, -0.25) is 0 Å². The summed E-state index contributed by atoms with van der Waals surface area (Å²) in [5, 5.41) is 50.2. The first-order valence-electron chi connectivity index (χ1n) is 12.4. The Morgan fingerprint density at radius 1 is 0.868 bits per heavy atom. The number of aliphatic hydroxyl groups excluding tert-OH is 4. The minimum atomic E-state index is -1.59. The first kappa shape index (κ1) is 25.4. The first-order chi connectivity index (χ1) is 18.4. The molecule has 0 unspecified atom stereocenters. The topological polar surface area (TPSA) is 166 Å². The van der Waals surface area contributed by atoms with Crippen molar-refractivity contribution in [3.05, 3.63) is 41.5 Å². The molecule has 0 bridgehead atoms. The molecule has 206 valence electrons. The SMILES string of the molecule is COc1cc([C@@H]2OC[C@H]3[C@@H]2CO[C@H]3c2ccc(O[C@@H]3O[C@H](CO)[C@@H](O)[C@H](O)[C@H]3O)c(O)c2)cc2c1OCO2. The van der Waals surface area contributed by atoms with Gasteiger partial charge in [-0.25, -0.2) is 0 Å². The summed E-state index contributed by atoms with van der Waals surface area (Å²) in [6, 6.07) is 8.57. The summed E-state index contributed by atoms with van der Waals surface area (Å²) in [5.41, 5.74) is 1.64. The molecule has 4 aliphatic rings. The predicted molar refractivity (Wildman–Crippen MR) is 126 cm³/mol. The molecule has 4 aliphatic heterocycles. The zero-order chi connectivity index (χ0) is 26.6. The summed E-state index contributed by atoms with van der Waals surface area (Å²) in [6.45, 7) is 0.470. The van der Waals surface area contributed by atoms with Crippen molar-refractivity contribution in [2.75, 3.05) is 33.7 Å². The van der Waals surface area contributed by atoms with Crippen LogP contribution in [-0.4, -0.2) is 90.0 Å². The van der Waals surface area contributed by atoms with Gasteiger partial charge in [-0.1, -0.05) is 6.07 Å². The third-order valence-electron chi connectivity index (χ3n) is 7.68. The van der Waals surface area contributed by atoms with Crippen molar-refractivity contribution in [2.45, 2.75) is 42.9 Å². The predicted octanol–water partition coefficient (Wildman–Crippen LogP) is 0.383. The molecule has 0 aromatic heterocycles. The highest BCUT2D eigenvalue weighted by molar-refractivity contribution is 5.55. The zero-order valence-electron chi connectivity index (χ0n) is 20.5. The van der Waals surface area contributed by atoms with Crippen LogP contribution in [0.1, 0.15) is 23.3 Å². The highest BCUT2D eigenvalue weighted by atomic mass is 16.7. The largest absolute Gasteiger partial charge is 0.504 e. The summed E-state index contributed by atoms with van der Waals surface area (Å²) in [7, 11) is 1.57. The minimum absolute atomic E-state index is 0.000583. The summed E-state index contributed by atoms with van der Waals surface area (Å²) in [5.74, 6) is 1.65. The van der Waals surface area contributed by atoms with Crippen molar-refractivity contribution < 1.29 is 58.7 Å². The van der Waals surface area contributed by atoms with Crippen LogP contribution in [-0.2, 0) is 14.2 Å². The molecule has 0 radical (unpaired) electrons. The maximum Gasteiger partial charge on any atom is 0.231 e. The Balaban J connectivity index is 1.17. The summed E-state index contributed by atoms with van der Waals surface area (Å²) < 4.78 is 39.8. The molecule has 12 nitrogen and oxygen atoms in total. The fraction of sp³-hybridized carbons (Fsp3) is 0.538. The number of rotatable bonds is 6. The van der Waals surface area contributed by atoms with Gasteiger partial charge in [0, 0.05) is 11.8 Å². The first-order valence-corrected chi connectivity index (χ1v) is 12.4. The van der Waals surface area contributed by atoms with E-state index in [1.807, 2.05) is 12.1 Å². The van der Waals surface area contributed by atoms with E-state index < -0.39 is 37.3 Å². The molecular formula is C26H30O12. The Kier molecular flexibility index (Phi) is 6.72. The van der Waals surface area contributed by atoms with Gasteiger partial charge in [0.1, 0.15) is 24.4 Å². The van der Waals surface area contributed by atoms with E-state index in [0.29, 0.717) is 30.5 Å². The average molecular weight is 535 g/mol. The van der Waals surface area contributed by atoms with Crippen molar-refractivity contribution in [2.24, 2.45) is 11.8 Å². The molecule has 0 saturated carbocycles. The van der Waals surface area contributed by atoms with E-state index >= 15 is 0 Å². The molecule has 2 aromatic rings. The fourth-order valence-corrected chi connectivity index (χ4v) is 5.65. The number of methoxy groups -OCH3 is 1. The van der Waals surface area contributed by atoms with Crippen LogP contribution in [0.5, 0.6) is 28.7 Å². The normalized spacial score (nSPS) is 35.8. The number of fused-ring (bicyclic) bond motifs is 2. The average Bonchev–Trinajstić information content (AvgIpc) is 3.66. The number of aliphatic hydroxyl groups is 4. The van der Waals surface area contributed by atoms with Crippen LogP contribution in [0, 0.1) is 11.8 Å². The van der Waals surface area contributed by atoms with Crippen LogP contribution in [0.4, 0.5) is 0 Å². The maximum atomic E-state index is 10.7. The molecule has 4 heterocycles. The van der Waals surface area contributed by atoms with Gasteiger partial charge in [0.25, 0.3) is 0 Å². The molecule has 0 aliphatic carbocycles. The number of hydrogen-bond donors (Lipinski definition) is 5. The fourth-order valence-electron chi connectivity index (χ4n) is 5.65. The molecule has 5 N–H and O–H groups in total. The third kappa shape index (κ3) is 4.22. The molecule has 6 rings (SSSR count). The van der Waals surface area contributed by atoms with Gasteiger partial charge >= 0.3 is 0 Å². The quantitative estimate of drug-likeness (QED) is 0.347. The second kappa shape index (κ2) is 10.0. The van der Waals surface area contributed by atoms with Gasteiger partial charge in [0.15, 0.2) is 23.0 Å². The van der Waals surface area contributed by atoms with E-state index in [9.17, 15) is 25.5 Å². The number of phenols is 1. The lowest BCUT2D eigenvalue weighted by molar-refractivity contribution is -0.277. The van der Waals surface area contributed by atoms with E-state index in [-0.39, 0.29) is 42.3 Å².